The molecule has 0 saturated heterocycles. The lowest BCUT2D eigenvalue weighted by Crippen LogP contribution is -2.30. The Morgan fingerprint density at radius 1 is 0.269 bits per heavy atom. The van der Waals surface area contributed by atoms with Crippen molar-refractivity contribution in [3.05, 3.63) is 109 Å². The first-order chi connectivity index (χ1) is 50.7. The van der Waals surface area contributed by atoms with Crippen LogP contribution in [-0.4, -0.2) is 96.7 Å². The second-order valence-corrected chi connectivity index (χ2v) is 30.3. The topological polar surface area (TPSA) is 237 Å². The van der Waals surface area contributed by atoms with Gasteiger partial charge in [0.1, 0.15) is 19.3 Å². The van der Waals surface area contributed by atoms with Crippen LogP contribution >= 0.6 is 15.6 Å². The molecule has 0 aliphatic heterocycles. The van der Waals surface area contributed by atoms with Gasteiger partial charge < -0.3 is 33.8 Å². The zero-order valence-electron chi connectivity index (χ0n) is 65.7. The second-order valence-electron chi connectivity index (χ2n) is 27.4. The summed E-state index contributed by atoms with van der Waals surface area (Å²) in [5, 5.41) is 10.6. The Kier molecular flexibility index (Phi) is 73.7. The largest absolute Gasteiger partial charge is 0.472 e. The minimum absolute atomic E-state index is 0.00642. The molecule has 0 aromatic rings. The second kappa shape index (κ2) is 76.9. The van der Waals surface area contributed by atoms with Gasteiger partial charge in [0.05, 0.1) is 26.4 Å². The highest BCUT2D eigenvalue weighted by molar-refractivity contribution is 7.47. The summed E-state index contributed by atoms with van der Waals surface area (Å²) in [6, 6.07) is 0. The van der Waals surface area contributed by atoms with Gasteiger partial charge in [-0.1, -0.05) is 304 Å². The van der Waals surface area contributed by atoms with Gasteiger partial charge >= 0.3 is 39.5 Å². The SMILES string of the molecule is CCCCC/C=C\C/C=C\C/C=C\C/C=C\CCCC(=O)OC[C@H](COP(=O)(O)OC[C@@H](O)COP(=O)(O)OC[C@@H](COC(=O)CCCCCCCCCCCCCCCCC)OC(=O)CCCCCCC/C=C\CCCCCCCC)OC(=O)CCC/C=C\C/C=C\C/C=C\C/C=C\CCCCC. The highest BCUT2D eigenvalue weighted by Crippen LogP contribution is 2.45. The zero-order chi connectivity index (χ0) is 76.0. The molecule has 0 aromatic carbocycles. The van der Waals surface area contributed by atoms with Gasteiger partial charge in [-0.15, -0.1) is 0 Å². The van der Waals surface area contributed by atoms with Gasteiger partial charge in [0, 0.05) is 25.7 Å². The van der Waals surface area contributed by atoms with Crippen molar-refractivity contribution >= 4 is 39.5 Å². The Bertz CT molecular complexity index is 2390. The monoisotopic (exact) mass is 1500 g/mol. The predicted molar refractivity (Wildman–Crippen MR) is 427 cm³/mol. The lowest BCUT2D eigenvalue weighted by Gasteiger charge is -2.21. The molecule has 0 rings (SSSR count). The van der Waals surface area contributed by atoms with E-state index in [1.807, 2.05) is 24.3 Å². The molecule has 0 saturated carbocycles. The average molecular weight is 1500 g/mol. The summed E-state index contributed by atoms with van der Waals surface area (Å²) in [5.74, 6) is -2.30. The van der Waals surface area contributed by atoms with Crippen LogP contribution in [0.25, 0.3) is 0 Å². The van der Waals surface area contributed by atoms with E-state index in [-0.39, 0.29) is 25.7 Å². The van der Waals surface area contributed by atoms with Crippen molar-refractivity contribution in [2.45, 2.75) is 367 Å². The summed E-state index contributed by atoms with van der Waals surface area (Å²) in [6.07, 6.45) is 83.6. The van der Waals surface area contributed by atoms with Crippen LogP contribution in [-0.2, 0) is 65.4 Å². The molecular formula is C85H148O17P2. The van der Waals surface area contributed by atoms with Gasteiger partial charge in [-0.2, -0.15) is 0 Å². The maximum absolute atomic E-state index is 13.1. The van der Waals surface area contributed by atoms with Gasteiger partial charge in [-0.3, -0.25) is 37.3 Å². The Morgan fingerprint density at radius 2 is 0.481 bits per heavy atom. The van der Waals surface area contributed by atoms with E-state index in [9.17, 15) is 43.2 Å². The summed E-state index contributed by atoms with van der Waals surface area (Å²) in [7, 11) is -9.99. The third-order valence-electron chi connectivity index (χ3n) is 17.2. The number of carbonyl (C=O) groups excluding carboxylic acids is 4. The smallest absolute Gasteiger partial charge is 0.462 e. The zero-order valence-corrected chi connectivity index (χ0v) is 67.5. The Labute approximate surface area is 632 Å². The van der Waals surface area contributed by atoms with E-state index in [1.165, 1.54) is 148 Å². The highest BCUT2D eigenvalue weighted by atomic mass is 31.2. The van der Waals surface area contributed by atoms with E-state index >= 15 is 0 Å². The molecule has 5 atom stereocenters. The third kappa shape index (κ3) is 75.9. The van der Waals surface area contributed by atoms with Crippen molar-refractivity contribution in [2.24, 2.45) is 0 Å². The molecular weight excluding hydrogens is 1350 g/mol. The van der Waals surface area contributed by atoms with Crippen LogP contribution in [0.1, 0.15) is 349 Å². The van der Waals surface area contributed by atoms with Crippen molar-refractivity contribution < 1.29 is 80.2 Å². The molecule has 0 heterocycles. The molecule has 600 valence electrons. The number of ether oxygens (including phenoxy) is 4. The molecule has 19 heteroatoms. The summed E-state index contributed by atoms with van der Waals surface area (Å²) < 4.78 is 68.6. The van der Waals surface area contributed by atoms with E-state index in [0.717, 1.165) is 109 Å². The lowest BCUT2D eigenvalue weighted by atomic mass is 10.0. The number of allylic oxidation sites excluding steroid dienone is 18. The number of rotatable bonds is 77. The fraction of sp³-hybridized carbons (Fsp3) is 0.741. The first kappa shape index (κ1) is 99.7. The Balaban J connectivity index is 5.46. The number of carbonyl (C=O) groups is 4. The number of aliphatic hydroxyl groups excluding tert-OH is 1. The van der Waals surface area contributed by atoms with Crippen LogP contribution in [0.5, 0.6) is 0 Å². The number of hydrogen-bond donors (Lipinski definition) is 3. The number of aliphatic hydroxyl groups is 1. The first-order valence-corrected chi connectivity index (χ1v) is 44.1. The minimum Gasteiger partial charge on any atom is -0.462 e. The van der Waals surface area contributed by atoms with E-state index in [2.05, 4.69) is 113 Å². The molecule has 0 radical (unpaired) electrons. The number of hydrogen-bond acceptors (Lipinski definition) is 15. The van der Waals surface area contributed by atoms with E-state index in [1.54, 1.807) is 0 Å². The molecule has 0 fully saturated rings. The molecule has 0 amide bonds. The summed E-state index contributed by atoms with van der Waals surface area (Å²) in [5.41, 5.74) is 0. The van der Waals surface area contributed by atoms with Gasteiger partial charge in [-0.05, 0) is 128 Å². The van der Waals surface area contributed by atoms with Crippen molar-refractivity contribution in [1.29, 1.82) is 0 Å². The van der Waals surface area contributed by atoms with E-state index in [0.29, 0.717) is 38.5 Å². The fourth-order valence-corrected chi connectivity index (χ4v) is 12.5. The molecule has 0 aliphatic rings. The van der Waals surface area contributed by atoms with Crippen LogP contribution in [0.2, 0.25) is 0 Å². The minimum atomic E-state index is -5.00. The molecule has 2 unspecified atom stereocenters. The van der Waals surface area contributed by atoms with E-state index < -0.39 is 97.5 Å². The number of unbranched alkanes of at least 4 members (excludes halogenated alkanes) is 33. The van der Waals surface area contributed by atoms with Crippen LogP contribution < -0.4 is 0 Å². The van der Waals surface area contributed by atoms with Crippen LogP contribution in [0.15, 0.2) is 109 Å². The fourth-order valence-electron chi connectivity index (χ4n) is 10.9. The molecule has 0 aromatic heterocycles. The molecule has 3 N–H and O–H groups in total. The summed E-state index contributed by atoms with van der Waals surface area (Å²) in [6.45, 7) is 4.73. The predicted octanol–water partition coefficient (Wildman–Crippen LogP) is 24.1. The van der Waals surface area contributed by atoms with Crippen LogP contribution in [0.4, 0.5) is 0 Å². The molecule has 0 aliphatic carbocycles. The van der Waals surface area contributed by atoms with E-state index in [4.69, 9.17) is 37.0 Å². The maximum Gasteiger partial charge on any atom is 0.472 e. The van der Waals surface area contributed by atoms with Crippen molar-refractivity contribution in [2.75, 3.05) is 39.6 Å². The quantitative estimate of drug-likeness (QED) is 0.0169. The molecule has 17 nitrogen and oxygen atoms in total. The van der Waals surface area contributed by atoms with Crippen molar-refractivity contribution in [3.63, 3.8) is 0 Å². The summed E-state index contributed by atoms with van der Waals surface area (Å²) >= 11 is 0. The van der Waals surface area contributed by atoms with Crippen LogP contribution in [0, 0.1) is 0 Å². The maximum atomic E-state index is 13.1. The first-order valence-electron chi connectivity index (χ1n) is 41.1. The van der Waals surface area contributed by atoms with Gasteiger partial charge in [0.2, 0.25) is 0 Å². The average Bonchev–Trinajstić information content (AvgIpc) is 0.926. The summed E-state index contributed by atoms with van der Waals surface area (Å²) in [4.78, 5) is 73.0. The van der Waals surface area contributed by atoms with Crippen molar-refractivity contribution in [3.8, 4) is 0 Å². The number of phosphoric acid groups is 2. The Morgan fingerprint density at radius 3 is 0.798 bits per heavy atom. The van der Waals surface area contributed by atoms with Gasteiger partial charge in [0.15, 0.2) is 12.2 Å². The third-order valence-corrected chi connectivity index (χ3v) is 19.1. The standard InChI is InChI=1S/C85H148O17P2/c1-5-9-13-17-21-25-29-33-37-39-43-46-50-54-58-62-66-70-83(88)96-76-81(102-85(90)72-68-64-60-56-52-48-44-40-38-34-30-26-22-18-14-10-6-2)78-100-104(93,94)98-74-79(86)73-97-103(91,92)99-77-80(101-84(89)71-67-63-59-55-51-47-42-36-32-28-24-20-16-12-8-4)75-95-82(87)69-65-61-57-53-49-45-41-35-31-27-23-19-15-11-7-3/h21-22,25-26,33-34,36-38,42-44,46,48,54,56,58,60,79-81,86H,5-20,23-24,27-32,35,39-41,45,47,49-53,55,57,59,61-78H2,1-4H3,(H,91,92)(H,93,94)/b25-21-,26-22-,37-33-,38-34-,42-36-,46-43-,48-44-,58-54-,60-56-/t79-,80+,81+/m0/s1. The lowest BCUT2D eigenvalue weighted by molar-refractivity contribution is -0.161. The van der Waals surface area contributed by atoms with Crippen molar-refractivity contribution in [1.82, 2.24) is 0 Å². The number of phosphoric ester groups is 2. The van der Waals surface area contributed by atoms with Gasteiger partial charge in [-0.25, -0.2) is 9.13 Å². The molecule has 0 spiro atoms. The highest BCUT2D eigenvalue weighted by Gasteiger charge is 2.30. The van der Waals surface area contributed by atoms with Gasteiger partial charge in [0.25, 0.3) is 0 Å². The van der Waals surface area contributed by atoms with Crippen LogP contribution in [0.3, 0.4) is 0 Å². The molecule has 0 bridgehead atoms. The number of esters is 4. The Hall–Kier alpha value is -4.28. The normalized spacial score (nSPS) is 14.4. The molecule has 104 heavy (non-hydrogen) atoms.